The van der Waals surface area contributed by atoms with Gasteiger partial charge in [-0.3, -0.25) is 4.57 Å². The molecule has 0 amide bonds. The molecule has 126 valence electrons. The molecule has 0 aliphatic heterocycles. The third-order valence-corrected chi connectivity index (χ3v) is 5.13. The second-order valence-corrected chi connectivity index (χ2v) is 6.86. The zero-order chi connectivity index (χ0) is 17.1. The summed E-state index contributed by atoms with van der Waals surface area (Å²) in [6, 6.07) is 9.77. The Bertz CT molecular complexity index is 834. The van der Waals surface area contributed by atoms with Crippen molar-refractivity contribution in [2.75, 3.05) is 11.5 Å². The lowest BCUT2D eigenvalue weighted by Gasteiger charge is -2.08. The van der Waals surface area contributed by atoms with Gasteiger partial charge in [-0.25, -0.2) is 9.97 Å². The molecule has 6 nitrogen and oxygen atoms in total. The summed E-state index contributed by atoms with van der Waals surface area (Å²) in [7, 11) is 0. The summed E-state index contributed by atoms with van der Waals surface area (Å²) in [5.74, 6) is 1.81. The van der Waals surface area contributed by atoms with Gasteiger partial charge >= 0.3 is 0 Å². The van der Waals surface area contributed by atoms with Crippen LogP contribution in [-0.4, -0.2) is 30.4 Å². The standard InChI is InChI=1S/C17H21N5OS/c1-3-11(2)10-24-16-20-14(18)13-15(21-16)22(17(23)19-13)9-12-7-5-4-6-8-12/h4-8,11H,3,9-10H2,1-2H3,(H,19,23)(H2,18,20,21). The van der Waals surface area contributed by atoms with Gasteiger partial charge in [0.1, 0.15) is 0 Å². The summed E-state index contributed by atoms with van der Waals surface area (Å²) in [4.78, 5) is 13.0. The molecule has 1 unspecified atom stereocenters. The van der Waals surface area contributed by atoms with Crippen molar-refractivity contribution in [1.29, 1.82) is 0 Å². The predicted molar refractivity (Wildman–Crippen MR) is 97.1 cm³/mol. The SMILES string of the molecule is CCC(C)CSc1nc(N)c2nc(O)n(Cc3ccccc3)c2n1. The fraction of sp³-hybridized carbons (Fsp3) is 0.353. The van der Waals surface area contributed by atoms with E-state index in [-0.39, 0.29) is 6.01 Å². The summed E-state index contributed by atoms with van der Waals surface area (Å²) >= 11 is 1.58. The van der Waals surface area contributed by atoms with Crippen LogP contribution in [0.2, 0.25) is 0 Å². The Kier molecular flexibility index (Phi) is 4.89. The first-order chi connectivity index (χ1) is 11.6. The second kappa shape index (κ2) is 7.09. The van der Waals surface area contributed by atoms with Gasteiger partial charge in [0.25, 0.3) is 6.01 Å². The topological polar surface area (TPSA) is 89.9 Å². The Morgan fingerprint density at radius 1 is 1.21 bits per heavy atom. The van der Waals surface area contributed by atoms with Crippen LogP contribution in [0.1, 0.15) is 25.8 Å². The van der Waals surface area contributed by atoms with Gasteiger partial charge in [0.15, 0.2) is 22.1 Å². The average Bonchev–Trinajstić information content (AvgIpc) is 2.90. The number of thioether (sulfide) groups is 1. The molecule has 24 heavy (non-hydrogen) atoms. The van der Waals surface area contributed by atoms with E-state index in [0.717, 1.165) is 17.7 Å². The number of nitrogens with zero attached hydrogens (tertiary/aromatic N) is 4. The second-order valence-electron chi connectivity index (χ2n) is 5.87. The molecule has 0 radical (unpaired) electrons. The van der Waals surface area contributed by atoms with E-state index < -0.39 is 0 Å². The minimum Gasteiger partial charge on any atom is -0.480 e. The highest BCUT2D eigenvalue weighted by molar-refractivity contribution is 7.99. The van der Waals surface area contributed by atoms with Gasteiger partial charge in [-0.05, 0) is 11.5 Å². The molecule has 0 aliphatic rings. The van der Waals surface area contributed by atoms with Crippen LogP contribution in [0.5, 0.6) is 6.01 Å². The largest absolute Gasteiger partial charge is 0.480 e. The molecule has 1 atom stereocenters. The fourth-order valence-corrected chi connectivity index (χ4v) is 3.28. The molecule has 0 aliphatic carbocycles. The zero-order valence-electron chi connectivity index (χ0n) is 13.8. The van der Waals surface area contributed by atoms with E-state index >= 15 is 0 Å². The van der Waals surface area contributed by atoms with Crippen molar-refractivity contribution < 1.29 is 5.11 Å². The molecule has 0 bridgehead atoms. The monoisotopic (exact) mass is 343 g/mol. The average molecular weight is 343 g/mol. The van der Waals surface area contributed by atoms with Crippen LogP contribution in [0.4, 0.5) is 5.82 Å². The van der Waals surface area contributed by atoms with Gasteiger partial charge in [-0.2, -0.15) is 4.98 Å². The molecule has 2 heterocycles. The molecule has 0 fully saturated rings. The number of hydrogen-bond acceptors (Lipinski definition) is 6. The molecule has 2 aromatic heterocycles. The van der Waals surface area contributed by atoms with Crippen LogP contribution in [0.3, 0.4) is 0 Å². The van der Waals surface area contributed by atoms with Crippen molar-refractivity contribution in [3.63, 3.8) is 0 Å². The number of nitrogens with two attached hydrogens (primary N) is 1. The number of rotatable bonds is 6. The van der Waals surface area contributed by atoms with Crippen molar-refractivity contribution >= 4 is 28.7 Å². The van der Waals surface area contributed by atoms with Gasteiger partial charge in [0.05, 0.1) is 6.54 Å². The van der Waals surface area contributed by atoms with Crippen molar-refractivity contribution in [1.82, 2.24) is 19.5 Å². The molecule has 1 aromatic carbocycles. The lowest BCUT2D eigenvalue weighted by Crippen LogP contribution is -2.04. The Labute approximate surface area is 145 Å². The highest BCUT2D eigenvalue weighted by Crippen LogP contribution is 2.27. The Hall–Kier alpha value is -2.28. The fourth-order valence-electron chi connectivity index (χ4n) is 2.30. The first-order valence-electron chi connectivity index (χ1n) is 7.98. The van der Waals surface area contributed by atoms with Crippen molar-refractivity contribution in [2.45, 2.75) is 32.0 Å². The summed E-state index contributed by atoms with van der Waals surface area (Å²) < 4.78 is 1.66. The molecule has 3 rings (SSSR count). The van der Waals surface area contributed by atoms with Crippen LogP contribution < -0.4 is 5.73 Å². The molecular weight excluding hydrogens is 322 g/mol. The number of aromatic hydroxyl groups is 1. The van der Waals surface area contributed by atoms with Gasteiger partial charge in [0.2, 0.25) is 0 Å². The third-order valence-electron chi connectivity index (χ3n) is 3.96. The molecule has 3 aromatic rings. The van der Waals surface area contributed by atoms with Crippen LogP contribution in [0, 0.1) is 5.92 Å². The lowest BCUT2D eigenvalue weighted by atomic mass is 10.2. The van der Waals surface area contributed by atoms with Crippen molar-refractivity contribution in [3.8, 4) is 6.01 Å². The Morgan fingerprint density at radius 3 is 2.67 bits per heavy atom. The quantitative estimate of drug-likeness (QED) is 0.527. The lowest BCUT2D eigenvalue weighted by molar-refractivity contribution is 0.408. The number of fused-ring (bicyclic) bond motifs is 1. The molecule has 0 spiro atoms. The maximum atomic E-state index is 10.2. The van der Waals surface area contributed by atoms with E-state index in [0.29, 0.717) is 34.6 Å². The first-order valence-corrected chi connectivity index (χ1v) is 8.96. The molecule has 0 saturated carbocycles. The number of benzene rings is 1. The van der Waals surface area contributed by atoms with Crippen molar-refractivity contribution in [2.24, 2.45) is 5.92 Å². The molecule has 0 saturated heterocycles. The summed E-state index contributed by atoms with van der Waals surface area (Å²) in [5, 5.41) is 10.8. The maximum absolute atomic E-state index is 10.2. The van der Waals surface area contributed by atoms with E-state index in [1.165, 1.54) is 0 Å². The molecule has 7 heteroatoms. The highest BCUT2D eigenvalue weighted by atomic mass is 32.2. The van der Waals surface area contributed by atoms with E-state index in [1.54, 1.807) is 16.3 Å². The Balaban J connectivity index is 1.96. The van der Waals surface area contributed by atoms with Gasteiger partial charge < -0.3 is 10.8 Å². The number of aromatic nitrogens is 4. The summed E-state index contributed by atoms with van der Waals surface area (Å²) in [6.07, 6.45) is 1.11. The number of hydrogen-bond donors (Lipinski definition) is 2. The van der Waals surface area contributed by atoms with E-state index in [2.05, 4.69) is 28.8 Å². The highest BCUT2D eigenvalue weighted by Gasteiger charge is 2.17. The number of anilines is 1. The van der Waals surface area contributed by atoms with Crippen LogP contribution in [0.15, 0.2) is 35.5 Å². The molecular formula is C17H21N5OS. The minimum atomic E-state index is -0.0982. The Morgan fingerprint density at radius 2 is 1.96 bits per heavy atom. The first kappa shape index (κ1) is 16.6. The smallest absolute Gasteiger partial charge is 0.296 e. The minimum absolute atomic E-state index is 0.0982. The van der Waals surface area contributed by atoms with E-state index in [1.807, 2.05) is 30.3 Å². The van der Waals surface area contributed by atoms with Crippen molar-refractivity contribution in [3.05, 3.63) is 35.9 Å². The predicted octanol–water partition coefficient (Wildman–Crippen LogP) is 3.30. The summed E-state index contributed by atoms with van der Waals surface area (Å²) in [6.45, 7) is 4.84. The van der Waals surface area contributed by atoms with Gasteiger partial charge in [0, 0.05) is 5.75 Å². The zero-order valence-corrected chi connectivity index (χ0v) is 14.6. The maximum Gasteiger partial charge on any atom is 0.296 e. The van der Waals surface area contributed by atoms with Crippen LogP contribution in [0.25, 0.3) is 11.2 Å². The summed E-state index contributed by atoms with van der Waals surface area (Å²) in [5.41, 5.74) is 8.08. The number of nitrogen functional groups attached to an aromatic ring is 1. The van der Waals surface area contributed by atoms with E-state index in [9.17, 15) is 5.11 Å². The molecule has 3 N–H and O–H groups in total. The van der Waals surface area contributed by atoms with Gasteiger partial charge in [-0.1, -0.05) is 62.4 Å². The van der Waals surface area contributed by atoms with E-state index in [4.69, 9.17) is 5.73 Å². The van der Waals surface area contributed by atoms with Gasteiger partial charge in [-0.15, -0.1) is 0 Å². The van der Waals surface area contributed by atoms with Crippen LogP contribution >= 0.6 is 11.8 Å². The van der Waals surface area contributed by atoms with Crippen LogP contribution in [-0.2, 0) is 6.54 Å². The number of imidazole rings is 1. The normalized spacial score (nSPS) is 12.6. The third kappa shape index (κ3) is 3.46.